The van der Waals surface area contributed by atoms with Crippen LogP contribution in [-0.4, -0.2) is 37.5 Å². The largest absolute Gasteiger partial charge is 0.487 e. The molecule has 7 heteroatoms. The molecule has 144 valence electrons. The Hall–Kier alpha value is -3.74. The van der Waals surface area contributed by atoms with Gasteiger partial charge in [-0.3, -0.25) is 14.9 Å². The molecule has 0 fully saturated rings. The Morgan fingerprint density at radius 1 is 1.07 bits per heavy atom. The number of aromatic amines is 1. The van der Waals surface area contributed by atoms with Crippen molar-refractivity contribution in [1.29, 1.82) is 0 Å². The number of para-hydroxylation sites is 3. The summed E-state index contributed by atoms with van der Waals surface area (Å²) in [5.41, 5.74) is 4.76. The van der Waals surface area contributed by atoms with Crippen LogP contribution in [0.4, 0.5) is 0 Å². The van der Waals surface area contributed by atoms with Gasteiger partial charge in [0.25, 0.3) is 5.91 Å². The summed E-state index contributed by atoms with van der Waals surface area (Å²) in [5, 5.41) is 7.49. The minimum atomic E-state index is -0.120. The van der Waals surface area contributed by atoms with Crippen molar-refractivity contribution < 1.29 is 9.53 Å². The minimum Gasteiger partial charge on any atom is -0.487 e. The van der Waals surface area contributed by atoms with Gasteiger partial charge in [0.05, 0.1) is 17.2 Å². The monoisotopic (exact) mass is 385 g/mol. The molecule has 1 aliphatic rings. The van der Waals surface area contributed by atoms with Crippen molar-refractivity contribution in [2.24, 2.45) is 0 Å². The number of nitrogens with one attached hydrogen (secondary N) is 1. The molecule has 0 saturated carbocycles. The molecule has 2 aromatic carbocycles. The maximum absolute atomic E-state index is 13.0. The molecule has 0 radical (unpaired) electrons. The second-order valence-electron chi connectivity index (χ2n) is 6.95. The van der Waals surface area contributed by atoms with E-state index in [9.17, 15) is 4.79 Å². The molecule has 0 saturated heterocycles. The molecule has 1 amide bonds. The number of carbonyl (C=O) groups excluding carboxylic acids is 1. The molecule has 1 aliphatic heterocycles. The van der Waals surface area contributed by atoms with Crippen LogP contribution in [0.25, 0.3) is 11.0 Å². The third-order valence-corrected chi connectivity index (χ3v) is 5.09. The predicted octanol–water partition coefficient (Wildman–Crippen LogP) is 3.13. The standard InChI is InChI=1S/C22H19N5O2/c28-22(20-12-23-18-8-4-5-9-19(18)24-20)27-11-10-17-16(13-27)21(26-25-17)14-29-15-6-2-1-3-7-15/h1-9,12H,10-11,13-14H2,(H,25,26). The Balaban J connectivity index is 1.34. The zero-order chi connectivity index (χ0) is 19.6. The fourth-order valence-corrected chi connectivity index (χ4v) is 3.54. The molecule has 0 spiro atoms. The zero-order valence-corrected chi connectivity index (χ0v) is 15.7. The van der Waals surface area contributed by atoms with Crippen molar-refractivity contribution in [3.05, 3.63) is 83.4 Å². The summed E-state index contributed by atoms with van der Waals surface area (Å²) in [6, 6.07) is 17.2. The lowest BCUT2D eigenvalue weighted by molar-refractivity contribution is 0.0727. The van der Waals surface area contributed by atoms with E-state index < -0.39 is 0 Å². The summed E-state index contributed by atoms with van der Waals surface area (Å²) in [6.07, 6.45) is 2.27. The number of benzene rings is 2. The van der Waals surface area contributed by atoms with Gasteiger partial charge in [0, 0.05) is 30.8 Å². The maximum atomic E-state index is 13.0. The van der Waals surface area contributed by atoms with Crippen molar-refractivity contribution in [3.63, 3.8) is 0 Å². The van der Waals surface area contributed by atoms with E-state index in [0.717, 1.165) is 40.2 Å². The van der Waals surface area contributed by atoms with Gasteiger partial charge in [-0.25, -0.2) is 4.98 Å². The highest BCUT2D eigenvalue weighted by Gasteiger charge is 2.27. The molecule has 7 nitrogen and oxygen atoms in total. The molecular formula is C22H19N5O2. The summed E-state index contributed by atoms with van der Waals surface area (Å²) >= 11 is 0. The number of carbonyl (C=O) groups is 1. The fourth-order valence-electron chi connectivity index (χ4n) is 3.54. The van der Waals surface area contributed by atoms with E-state index in [1.165, 1.54) is 0 Å². The number of ether oxygens (including phenoxy) is 1. The first-order valence-electron chi connectivity index (χ1n) is 9.52. The summed E-state index contributed by atoms with van der Waals surface area (Å²) in [5.74, 6) is 0.671. The van der Waals surface area contributed by atoms with Crippen LogP contribution in [0.1, 0.15) is 27.4 Å². The van der Waals surface area contributed by atoms with E-state index in [1.54, 1.807) is 11.1 Å². The van der Waals surface area contributed by atoms with Gasteiger partial charge >= 0.3 is 0 Å². The molecule has 3 heterocycles. The van der Waals surface area contributed by atoms with E-state index in [-0.39, 0.29) is 5.91 Å². The number of hydrogen-bond acceptors (Lipinski definition) is 5. The van der Waals surface area contributed by atoms with Gasteiger partial charge < -0.3 is 9.64 Å². The zero-order valence-electron chi connectivity index (χ0n) is 15.7. The van der Waals surface area contributed by atoms with Gasteiger partial charge in [-0.05, 0) is 24.3 Å². The molecule has 4 aromatic rings. The molecule has 5 rings (SSSR count). The van der Waals surface area contributed by atoms with Gasteiger partial charge in [0.1, 0.15) is 23.7 Å². The predicted molar refractivity (Wildman–Crippen MR) is 107 cm³/mol. The van der Waals surface area contributed by atoms with Crippen LogP contribution in [0.2, 0.25) is 0 Å². The van der Waals surface area contributed by atoms with Gasteiger partial charge in [0.15, 0.2) is 0 Å². The number of rotatable bonds is 4. The lowest BCUT2D eigenvalue weighted by Crippen LogP contribution is -2.36. The lowest BCUT2D eigenvalue weighted by Gasteiger charge is -2.27. The number of H-pyrrole nitrogens is 1. The Labute approximate surface area is 167 Å². The van der Waals surface area contributed by atoms with Crippen LogP contribution in [0.3, 0.4) is 0 Å². The first-order valence-corrected chi connectivity index (χ1v) is 9.52. The van der Waals surface area contributed by atoms with E-state index in [1.807, 2.05) is 54.6 Å². The first-order chi connectivity index (χ1) is 14.3. The highest BCUT2D eigenvalue weighted by atomic mass is 16.5. The molecule has 2 aromatic heterocycles. The number of aromatic nitrogens is 4. The van der Waals surface area contributed by atoms with Crippen molar-refractivity contribution in [2.45, 2.75) is 19.6 Å². The minimum absolute atomic E-state index is 0.120. The molecule has 29 heavy (non-hydrogen) atoms. The summed E-state index contributed by atoms with van der Waals surface area (Å²) in [7, 11) is 0. The van der Waals surface area contributed by atoms with Gasteiger partial charge in [-0.1, -0.05) is 30.3 Å². The van der Waals surface area contributed by atoms with Crippen LogP contribution >= 0.6 is 0 Å². The van der Waals surface area contributed by atoms with Crippen LogP contribution in [0, 0.1) is 0 Å². The molecule has 0 bridgehead atoms. The number of hydrogen-bond donors (Lipinski definition) is 1. The normalized spacial score (nSPS) is 13.3. The SMILES string of the molecule is O=C(c1cnc2ccccc2n1)N1CCc2[nH]nc(COc3ccccc3)c2C1. The van der Waals surface area contributed by atoms with E-state index in [4.69, 9.17) is 4.74 Å². The average Bonchev–Trinajstić information content (AvgIpc) is 3.20. The molecule has 0 unspecified atom stereocenters. The van der Waals surface area contributed by atoms with Crippen molar-refractivity contribution >= 4 is 16.9 Å². The summed E-state index contributed by atoms with van der Waals surface area (Å²) < 4.78 is 5.84. The average molecular weight is 385 g/mol. The molecule has 0 aliphatic carbocycles. The Morgan fingerprint density at radius 3 is 2.72 bits per heavy atom. The van der Waals surface area contributed by atoms with Gasteiger partial charge in [-0.2, -0.15) is 5.10 Å². The molecular weight excluding hydrogens is 366 g/mol. The van der Waals surface area contributed by atoms with E-state index >= 15 is 0 Å². The molecule has 1 N–H and O–H groups in total. The Kier molecular flexibility index (Phi) is 4.40. The highest BCUT2D eigenvalue weighted by Crippen LogP contribution is 2.23. The van der Waals surface area contributed by atoms with Crippen molar-refractivity contribution in [3.8, 4) is 5.75 Å². The van der Waals surface area contributed by atoms with Gasteiger partial charge in [-0.15, -0.1) is 0 Å². The lowest BCUT2D eigenvalue weighted by atomic mass is 10.1. The van der Waals surface area contributed by atoms with Crippen LogP contribution in [0.5, 0.6) is 5.75 Å². The number of amides is 1. The Morgan fingerprint density at radius 2 is 1.86 bits per heavy atom. The molecule has 0 atom stereocenters. The maximum Gasteiger partial charge on any atom is 0.274 e. The summed E-state index contributed by atoms with van der Waals surface area (Å²) in [4.78, 5) is 23.7. The fraction of sp³-hybridized carbons (Fsp3) is 0.182. The third-order valence-electron chi connectivity index (χ3n) is 5.09. The first kappa shape index (κ1) is 17.4. The smallest absolute Gasteiger partial charge is 0.274 e. The Bertz CT molecular complexity index is 1170. The van der Waals surface area contributed by atoms with Crippen molar-refractivity contribution in [2.75, 3.05) is 6.54 Å². The second-order valence-corrected chi connectivity index (χ2v) is 6.95. The van der Waals surface area contributed by atoms with Crippen LogP contribution < -0.4 is 4.74 Å². The number of fused-ring (bicyclic) bond motifs is 2. The van der Waals surface area contributed by atoms with Crippen LogP contribution in [0.15, 0.2) is 60.8 Å². The number of nitrogens with zero attached hydrogens (tertiary/aromatic N) is 4. The second kappa shape index (κ2) is 7.35. The van der Waals surface area contributed by atoms with Gasteiger partial charge in [0.2, 0.25) is 0 Å². The van der Waals surface area contributed by atoms with Crippen LogP contribution in [-0.2, 0) is 19.6 Å². The quantitative estimate of drug-likeness (QED) is 0.583. The third kappa shape index (κ3) is 3.42. The van der Waals surface area contributed by atoms with E-state index in [2.05, 4.69) is 20.2 Å². The van der Waals surface area contributed by atoms with Crippen molar-refractivity contribution in [1.82, 2.24) is 25.1 Å². The topological polar surface area (TPSA) is 84.0 Å². The summed E-state index contributed by atoms with van der Waals surface area (Å²) in [6.45, 7) is 1.45. The van der Waals surface area contributed by atoms with E-state index in [0.29, 0.717) is 25.4 Å². The highest BCUT2D eigenvalue weighted by molar-refractivity contribution is 5.93.